The second kappa shape index (κ2) is 4.61. The van der Waals surface area contributed by atoms with E-state index in [1.165, 1.54) is 13.2 Å². The van der Waals surface area contributed by atoms with E-state index in [2.05, 4.69) is 0 Å². The molecule has 1 aromatic carbocycles. The molecule has 3 nitrogen and oxygen atoms in total. The van der Waals surface area contributed by atoms with Crippen LogP contribution in [0.1, 0.15) is 12.5 Å². The number of allylic oxidation sites excluding steroid dienone is 2. The first-order valence-electron chi connectivity index (χ1n) is 5.67. The molecule has 0 bridgehead atoms. The molecule has 1 unspecified atom stereocenters. The van der Waals surface area contributed by atoms with Crippen LogP contribution in [0.15, 0.2) is 48.6 Å². The number of esters is 1. The van der Waals surface area contributed by atoms with E-state index >= 15 is 0 Å². The van der Waals surface area contributed by atoms with Crippen LogP contribution in [0.5, 0.6) is 0 Å². The van der Waals surface area contributed by atoms with Crippen LogP contribution in [0.25, 0.3) is 5.57 Å². The molecule has 0 heterocycles. The summed E-state index contributed by atoms with van der Waals surface area (Å²) in [6.07, 6.45) is 4.67. The van der Waals surface area contributed by atoms with E-state index in [9.17, 15) is 9.59 Å². The molecule has 0 aromatic heterocycles. The third-order valence-electron chi connectivity index (χ3n) is 3.00. The van der Waals surface area contributed by atoms with Crippen molar-refractivity contribution in [2.45, 2.75) is 6.92 Å². The quantitative estimate of drug-likeness (QED) is 0.748. The van der Waals surface area contributed by atoms with Gasteiger partial charge in [-0.05, 0) is 18.6 Å². The van der Waals surface area contributed by atoms with Crippen molar-refractivity contribution in [1.82, 2.24) is 0 Å². The highest BCUT2D eigenvalue weighted by Crippen LogP contribution is 2.32. The van der Waals surface area contributed by atoms with E-state index in [1.807, 2.05) is 30.3 Å². The minimum absolute atomic E-state index is 0.0948. The molecule has 1 aliphatic carbocycles. The van der Waals surface area contributed by atoms with Gasteiger partial charge in [0, 0.05) is 5.57 Å². The molecule has 0 fully saturated rings. The Balaban J connectivity index is 2.46. The summed E-state index contributed by atoms with van der Waals surface area (Å²) in [7, 11) is 1.34. The monoisotopic (exact) mass is 242 g/mol. The second-order valence-electron chi connectivity index (χ2n) is 4.40. The number of rotatable bonds is 2. The Kier molecular flexibility index (Phi) is 3.15. The fourth-order valence-corrected chi connectivity index (χ4v) is 1.95. The second-order valence-corrected chi connectivity index (χ2v) is 4.40. The molecule has 0 spiro atoms. The molecule has 1 aliphatic rings. The summed E-state index contributed by atoms with van der Waals surface area (Å²) in [6.45, 7) is 1.73. The lowest BCUT2D eigenvalue weighted by Gasteiger charge is -2.23. The molecule has 0 saturated carbocycles. The zero-order valence-electron chi connectivity index (χ0n) is 10.3. The van der Waals surface area contributed by atoms with Gasteiger partial charge in [-0.2, -0.15) is 0 Å². The van der Waals surface area contributed by atoms with Crippen LogP contribution in [-0.4, -0.2) is 18.9 Å². The van der Waals surface area contributed by atoms with Gasteiger partial charge >= 0.3 is 5.97 Å². The molecular weight excluding hydrogens is 228 g/mol. The van der Waals surface area contributed by atoms with Crippen LogP contribution in [0.2, 0.25) is 0 Å². The van der Waals surface area contributed by atoms with Gasteiger partial charge in [0.1, 0.15) is 5.41 Å². The maximum atomic E-state index is 11.9. The van der Waals surface area contributed by atoms with Crippen molar-refractivity contribution in [3.63, 3.8) is 0 Å². The standard InChI is InChI=1S/C15H14O3/c1-15(14(17)18-2)9-8-13(16)12(10-15)11-6-4-3-5-7-11/h3-10H,1-2H3. The number of methoxy groups -OCH3 is 1. The minimum Gasteiger partial charge on any atom is -0.468 e. The summed E-state index contributed by atoms with van der Waals surface area (Å²) in [5.41, 5.74) is 0.460. The highest BCUT2D eigenvalue weighted by molar-refractivity contribution is 6.27. The van der Waals surface area contributed by atoms with Crippen molar-refractivity contribution in [3.05, 3.63) is 54.1 Å². The molecule has 0 amide bonds. The van der Waals surface area contributed by atoms with E-state index in [-0.39, 0.29) is 11.8 Å². The summed E-state index contributed by atoms with van der Waals surface area (Å²) >= 11 is 0. The predicted molar refractivity (Wildman–Crippen MR) is 68.7 cm³/mol. The van der Waals surface area contributed by atoms with Crippen LogP contribution in [-0.2, 0) is 14.3 Å². The first-order chi connectivity index (χ1) is 8.57. The fraction of sp³-hybridized carbons (Fsp3) is 0.200. The van der Waals surface area contributed by atoms with Crippen molar-refractivity contribution in [3.8, 4) is 0 Å². The average molecular weight is 242 g/mol. The van der Waals surface area contributed by atoms with Crippen molar-refractivity contribution < 1.29 is 14.3 Å². The molecule has 0 N–H and O–H groups in total. The van der Waals surface area contributed by atoms with Crippen molar-refractivity contribution >= 4 is 17.3 Å². The van der Waals surface area contributed by atoms with E-state index in [0.717, 1.165) is 5.56 Å². The lowest BCUT2D eigenvalue weighted by Crippen LogP contribution is -2.28. The molecular formula is C15H14O3. The number of ketones is 1. The molecule has 1 aromatic rings. The maximum absolute atomic E-state index is 11.9. The number of ether oxygens (including phenoxy) is 1. The van der Waals surface area contributed by atoms with Gasteiger partial charge in [0.25, 0.3) is 0 Å². The summed E-state index contributed by atoms with van der Waals surface area (Å²) in [4.78, 5) is 23.6. The van der Waals surface area contributed by atoms with Gasteiger partial charge in [0.2, 0.25) is 0 Å². The molecule has 18 heavy (non-hydrogen) atoms. The van der Waals surface area contributed by atoms with Crippen LogP contribution in [0.4, 0.5) is 0 Å². The third kappa shape index (κ3) is 2.12. The summed E-state index contributed by atoms with van der Waals surface area (Å²) in [5.74, 6) is -0.470. The summed E-state index contributed by atoms with van der Waals surface area (Å²) < 4.78 is 4.77. The number of carbonyl (C=O) groups is 2. The number of hydrogen-bond donors (Lipinski definition) is 0. The molecule has 92 valence electrons. The fourth-order valence-electron chi connectivity index (χ4n) is 1.95. The molecule has 2 rings (SSSR count). The SMILES string of the molecule is COC(=O)C1(C)C=CC(=O)C(c2ccccc2)=C1. The van der Waals surface area contributed by atoms with Gasteiger partial charge in [-0.15, -0.1) is 0 Å². The van der Waals surface area contributed by atoms with Crippen LogP contribution in [0.3, 0.4) is 0 Å². The van der Waals surface area contributed by atoms with Crippen molar-refractivity contribution in [1.29, 1.82) is 0 Å². The Morgan fingerprint density at radius 3 is 2.50 bits per heavy atom. The van der Waals surface area contributed by atoms with Gasteiger partial charge < -0.3 is 4.74 Å². The summed E-state index contributed by atoms with van der Waals surface area (Å²) in [5, 5.41) is 0. The van der Waals surface area contributed by atoms with E-state index in [4.69, 9.17) is 4.74 Å². The number of carbonyl (C=O) groups excluding carboxylic acids is 2. The van der Waals surface area contributed by atoms with E-state index in [1.54, 1.807) is 19.1 Å². The Morgan fingerprint density at radius 1 is 1.22 bits per heavy atom. The molecule has 3 heteroatoms. The Morgan fingerprint density at radius 2 is 1.89 bits per heavy atom. The predicted octanol–water partition coefficient (Wildman–Crippen LogP) is 2.39. The van der Waals surface area contributed by atoms with Gasteiger partial charge in [-0.3, -0.25) is 9.59 Å². The average Bonchev–Trinajstić information content (AvgIpc) is 2.41. The number of hydrogen-bond acceptors (Lipinski definition) is 3. The smallest absolute Gasteiger partial charge is 0.319 e. The van der Waals surface area contributed by atoms with Crippen molar-refractivity contribution in [2.75, 3.05) is 7.11 Å². The molecule has 0 saturated heterocycles. The molecule has 0 aliphatic heterocycles. The topological polar surface area (TPSA) is 43.4 Å². The van der Waals surface area contributed by atoms with Crippen molar-refractivity contribution in [2.24, 2.45) is 5.41 Å². The Hall–Kier alpha value is -2.16. The zero-order chi connectivity index (χ0) is 13.2. The zero-order valence-corrected chi connectivity index (χ0v) is 10.3. The summed E-state index contributed by atoms with van der Waals surface area (Å²) in [6, 6.07) is 9.29. The lowest BCUT2D eigenvalue weighted by molar-refractivity contribution is -0.146. The Bertz CT molecular complexity index is 540. The normalized spacial score (nSPS) is 22.6. The Labute approximate surface area is 106 Å². The largest absolute Gasteiger partial charge is 0.468 e. The van der Waals surface area contributed by atoms with E-state index in [0.29, 0.717) is 5.57 Å². The van der Waals surface area contributed by atoms with Crippen LogP contribution in [0, 0.1) is 5.41 Å². The van der Waals surface area contributed by atoms with E-state index < -0.39 is 5.41 Å². The highest BCUT2D eigenvalue weighted by atomic mass is 16.5. The van der Waals surface area contributed by atoms with Crippen LogP contribution >= 0.6 is 0 Å². The lowest BCUT2D eigenvalue weighted by atomic mass is 9.81. The highest BCUT2D eigenvalue weighted by Gasteiger charge is 2.33. The van der Waals surface area contributed by atoms with Gasteiger partial charge in [-0.1, -0.05) is 42.5 Å². The molecule has 0 radical (unpaired) electrons. The first kappa shape index (κ1) is 12.3. The van der Waals surface area contributed by atoms with Gasteiger partial charge in [0.05, 0.1) is 7.11 Å². The van der Waals surface area contributed by atoms with Gasteiger partial charge in [-0.25, -0.2) is 0 Å². The first-order valence-corrected chi connectivity index (χ1v) is 5.67. The van der Waals surface area contributed by atoms with Crippen LogP contribution < -0.4 is 0 Å². The third-order valence-corrected chi connectivity index (χ3v) is 3.00. The number of benzene rings is 1. The van der Waals surface area contributed by atoms with Gasteiger partial charge in [0.15, 0.2) is 5.78 Å². The minimum atomic E-state index is -0.881. The maximum Gasteiger partial charge on any atom is 0.319 e. The molecule has 1 atom stereocenters.